The molecule has 0 saturated heterocycles. The summed E-state index contributed by atoms with van der Waals surface area (Å²) < 4.78 is 1.75. The van der Waals surface area contributed by atoms with Crippen LogP contribution in [0.25, 0.3) is 22.2 Å². The van der Waals surface area contributed by atoms with Gasteiger partial charge < -0.3 is 10.3 Å². The minimum absolute atomic E-state index is 0.385. The summed E-state index contributed by atoms with van der Waals surface area (Å²) in [5.41, 5.74) is 9.08. The number of pyridine rings is 1. The number of halogens is 1. The van der Waals surface area contributed by atoms with Crippen LogP contribution in [0.2, 0.25) is 5.15 Å². The molecule has 2 heterocycles. The van der Waals surface area contributed by atoms with Gasteiger partial charge in [0.1, 0.15) is 10.8 Å². The molecule has 1 amide bonds. The van der Waals surface area contributed by atoms with E-state index < -0.39 is 5.91 Å². The van der Waals surface area contributed by atoms with Crippen LogP contribution >= 0.6 is 11.6 Å². The van der Waals surface area contributed by atoms with Crippen molar-refractivity contribution >= 4 is 28.5 Å². The lowest BCUT2D eigenvalue weighted by atomic mass is 10.0. The van der Waals surface area contributed by atoms with E-state index in [2.05, 4.69) is 4.98 Å². The molecule has 0 saturated carbocycles. The van der Waals surface area contributed by atoms with Crippen LogP contribution < -0.4 is 5.73 Å². The van der Waals surface area contributed by atoms with Gasteiger partial charge in [0.15, 0.2) is 0 Å². The van der Waals surface area contributed by atoms with E-state index >= 15 is 0 Å². The number of hydrogen-bond donors (Lipinski definition) is 1. The Bertz CT molecular complexity index is 809. The summed E-state index contributed by atoms with van der Waals surface area (Å²) in [7, 11) is 1.80. The molecule has 20 heavy (non-hydrogen) atoms. The number of carbonyl (C=O) groups excluding carboxylic acids is 1. The molecule has 0 unspecified atom stereocenters. The highest BCUT2D eigenvalue weighted by Crippen LogP contribution is 2.33. The zero-order valence-corrected chi connectivity index (χ0v) is 11.6. The van der Waals surface area contributed by atoms with Gasteiger partial charge in [-0.3, -0.25) is 4.79 Å². The maximum Gasteiger partial charge on any atom is 0.266 e. The second-order valence-electron chi connectivity index (χ2n) is 4.51. The van der Waals surface area contributed by atoms with Crippen molar-refractivity contribution in [1.29, 1.82) is 0 Å². The molecule has 0 aliphatic carbocycles. The Kier molecular flexibility index (Phi) is 2.95. The molecule has 3 aromatic rings. The molecule has 3 rings (SSSR count). The van der Waals surface area contributed by atoms with Crippen molar-refractivity contribution in [2.75, 3.05) is 0 Å². The smallest absolute Gasteiger partial charge is 0.266 e. The predicted octanol–water partition coefficient (Wildman–Crippen LogP) is 2.99. The van der Waals surface area contributed by atoms with E-state index in [1.54, 1.807) is 17.7 Å². The normalized spacial score (nSPS) is 10.9. The third-order valence-electron chi connectivity index (χ3n) is 3.31. The zero-order chi connectivity index (χ0) is 14.3. The standard InChI is InChI=1S/C15H12ClN3O/c1-19-10-7-8-11(16)18-13(10)12(14(19)15(17)20)9-5-3-2-4-6-9/h2-8H,1H3,(H2,17,20). The van der Waals surface area contributed by atoms with Gasteiger partial charge in [-0.15, -0.1) is 0 Å². The van der Waals surface area contributed by atoms with Gasteiger partial charge in [-0.05, 0) is 17.7 Å². The Hall–Kier alpha value is -2.33. The zero-order valence-electron chi connectivity index (χ0n) is 10.8. The second-order valence-corrected chi connectivity index (χ2v) is 4.90. The number of benzene rings is 1. The van der Waals surface area contributed by atoms with Crippen molar-refractivity contribution in [1.82, 2.24) is 9.55 Å². The first-order chi connectivity index (χ1) is 9.59. The van der Waals surface area contributed by atoms with Crippen LogP contribution in [0.1, 0.15) is 10.5 Å². The molecular formula is C15H12ClN3O. The van der Waals surface area contributed by atoms with Crippen LogP contribution in [0.5, 0.6) is 0 Å². The van der Waals surface area contributed by atoms with Crippen molar-refractivity contribution in [3.05, 3.63) is 53.3 Å². The molecule has 0 radical (unpaired) electrons. The van der Waals surface area contributed by atoms with Gasteiger partial charge in [-0.25, -0.2) is 4.98 Å². The molecule has 0 aliphatic heterocycles. The van der Waals surface area contributed by atoms with Gasteiger partial charge in [0.05, 0.1) is 11.0 Å². The summed E-state index contributed by atoms with van der Waals surface area (Å²) >= 11 is 5.98. The SMILES string of the molecule is Cn1c(C(N)=O)c(-c2ccccc2)c2nc(Cl)ccc21. The average molecular weight is 286 g/mol. The molecule has 1 aromatic carbocycles. The van der Waals surface area contributed by atoms with Crippen LogP contribution in [-0.2, 0) is 7.05 Å². The molecule has 4 nitrogen and oxygen atoms in total. The fourth-order valence-corrected chi connectivity index (χ4v) is 2.60. The molecular weight excluding hydrogens is 274 g/mol. The summed E-state index contributed by atoms with van der Waals surface area (Å²) in [5, 5.41) is 0.385. The first-order valence-corrected chi connectivity index (χ1v) is 6.47. The van der Waals surface area contributed by atoms with Gasteiger partial charge in [-0.1, -0.05) is 41.9 Å². The average Bonchev–Trinajstić information content (AvgIpc) is 2.72. The van der Waals surface area contributed by atoms with Crippen molar-refractivity contribution in [2.24, 2.45) is 12.8 Å². The van der Waals surface area contributed by atoms with Crippen molar-refractivity contribution in [3.8, 4) is 11.1 Å². The lowest BCUT2D eigenvalue weighted by Crippen LogP contribution is -2.16. The highest BCUT2D eigenvalue weighted by molar-refractivity contribution is 6.30. The number of nitrogens with two attached hydrogens (primary N) is 1. The van der Waals surface area contributed by atoms with Crippen molar-refractivity contribution in [2.45, 2.75) is 0 Å². The quantitative estimate of drug-likeness (QED) is 0.736. The molecule has 0 fully saturated rings. The molecule has 100 valence electrons. The van der Waals surface area contributed by atoms with Crippen LogP contribution in [0.3, 0.4) is 0 Å². The molecule has 2 N–H and O–H groups in total. The molecule has 0 bridgehead atoms. The van der Waals surface area contributed by atoms with Crippen molar-refractivity contribution in [3.63, 3.8) is 0 Å². The number of aryl methyl sites for hydroxylation is 1. The lowest BCUT2D eigenvalue weighted by molar-refractivity contribution is 0.0993. The van der Waals surface area contributed by atoms with E-state index in [1.807, 2.05) is 36.4 Å². The summed E-state index contributed by atoms with van der Waals surface area (Å²) in [6.45, 7) is 0. The Morgan fingerprint density at radius 1 is 1.20 bits per heavy atom. The van der Waals surface area contributed by atoms with E-state index in [0.717, 1.165) is 16.6 Å². The summed E-state index contributed by atoms with van der Waals surface area (Å²) in [6, 6.07) is 13.1. The Balaban J connectivity index is 2.47. The minimum atomic E-state index is -0.486. The van der Waals surface area contributed by atoms with Crippen LogP contribution in [-0.4, -0.2) is 15.5 Å². The van der Waals surface area contributed by atoms with E-state index in [9.17, 15) is 4.79 Å². The third-order valence-corrected chi connectivity index (χ3v) is 3.52. The lowest BCUT2D eigenvalue weighted by Gasteiger charge is -2.03. The Morgan fingerprint density at radius 3 is 2.55 bits per heavy atom. The van der Waals surface area contributed by atoms with Gasteiger partial charge in [0, 0.05) is 12.6 Å². The summed E-state index contributed by atoms with van der Waals surface area (Å²) in [5.74, 6) is -0.486. The number of rotatable bonds is 2. The van der Waals surface area contributed by atoms with E-state index in [1.165, 1.54) is 0 Å². The van der Waals surface area contributed by atoms with Gasteiger partial charge in [0.25, 0.3) is 5.91 Å². The Morgan fingerprint density at radius 2 is 1.90 bits per heavy atom. The molecule has 5 heteroatoms. The summed E-state index contributed by atoms with van der Waals surface area (Å²) in [6.07, 6.45) is 0. The third kappa shape index (κ3) is 1.85. The highest BCUT2D eigenvalue weighted by atomic mass is 35.5. The van der Waals surface area contributed by atoms with Crippen molar-refractivity contribution < 1.29 is 4.79 Å². The number of hydrogen-bond acceptors (Lipinski definition) is 2. The first-order valence-electron chi connectivity index (χ1n) is 6.09. The molecule has 2 aromatic heterocycles. The monoisotopic (exact) mass is 285 g/mol. The van der Waals surface area contributed by atoms with Gasteiger partial charge >= 0.3 is 0 Å². The highest BCUT2D eigenvalue weighted by Gasteiger charge is 2.21. The first kappa shape index (κ1) is 12.7. The van der Waals surface area contributed by atoms with Crippen LogP contribution in [0, 0.1) is 0 Å². The fourth-order valence-electron chi connectivity index (χ4n) is 2.45. The number of amides is 1. The van der Waals surface area contributed by atoms with E-state index in [4.69, 9.17) is 17.3 Å². The number of primary amides is 1. The number of aromatic nitrogens is 2. The molecule has 0 aliphatic rings. The maximum absolute atomic E-state index is 11.8. The van der Waals surface area contributed by atoms with Crippen LogP contribution in [0.4, 0.5) is 0 Å². The number of fused-ring (bicyclic) bond motifs is 1. The molecule has 0 atom stereocenters. The minimum Gasteiger partial charge on any atom is -0.364 e. The maximum atomic E-state index is 11.8. The fraction of sp³-hybridized carbons (Fsp3) is 0.0667. The van der Waals surface area contributed by atoms with Crippen LogP contribution in [0.15, 0.2) is 42.5 Å². The number of carbonyl (C=O) groups is 1. The second kappa shape index (κ2) is 4.65. The number of nitrogens with zero attached hydrogens (tertiary/aromatic N) is 2. The van der Waals surface area contributed by atoms with E-state index in [-0.39, 0.29) is 0 Å². The van der Waals surface area contributed by atoms with Gasteiger partial charge in [0.2, 0.25) is 0 Å². The van der Waals surface area contributed by atoms with Gasteiger partial charge in [-0.2, -0.15) is 0 Å². The molecule has 0 spiro atoms. The summed E-state index contributed by atoms with van der Waals surface area (Å²) in [4.78, 5) is 16.2. The predicted molar refractivity (Wildman–Crippen MR) is 79.7 cm³/mol. The largest absolute Gasteiger partial charge is 0.364 e. The topological polar surface area (TPSA) is 60.9 Å². The Labute approximate surface area is 120 Å². The van der Waals surface area contributed by atoms with E-state index in [0.29, 0.717) is 16.4 Å².